The van der Waals surface area contributed by atoms with Gasteiger partial charge in [0, 0.05) is 0 Å². The number of benzene rings is 3. The van der Waals surface area contributed by atoms with Crippen molar-refractivity contribution in [3.63, 3.8) is 0 Å². The van der Waals surface area contributed by atoms with Gasteiger partial charge in [-0.2, -0.15) is 0 Å². The molecule has 1 amide bonds. The summed E-state index contributed by atoms with van der Waals surface area (Å²) in [6.45, 7) is 1.39. The number of carbonyl (C=O) groups excluding carboxylic acids is 1. The SMILES string of the molecule is CCC(NC(=O)CN(c1ccc(F)cc1)S(=O)(=O)c1ccc(OC)cc1)c1ccc(OC)c(OC)c1. The highest BCUT2D eigenvalue weighted by atomic mass is 32.2. The Labute approximate surface area is 210 Å². The number of carbonyl (C=O) groups is 1. The van der Waals surface area contributed by atoms with E-state index in [4.69, 9.17) is 14.2 Å². The highest BCUT2D eigenvalue weighted by Gasteiger charge is 2.28. The van der Waals surface area contributed by atoms with Crippen LogP contribution in [0.4, 0.5) is 10.1 Å². The third kappa shape index (κ3) is 6.06. The van der Waals surface area contributed by atoms with Gasteiger partial charge < -0.3 is 19.5 Å². The van der Waals surface area contributed by atoms with Crippen LogP contribution in [-0.4, -0.2) is 42.2 Å². The van der Waals surface area contributed by atoms with Crippen LogP contribution in [0, 0.1) is 5.82 Å². The van der Waals surface area contributed by atoms with Crippen LogP contribution >= 0.6 is 0 Å². The van der Waals surface area contributed by atoms with Gasteiger partial charge in [-0.3, -0.25) is 9.10 Å². The molecule has 0 aromatic heterocycles. The normalized spacial score (nSPS) is 11.9. The van der Waals surface area contributed by atoms with Crippen LogP contribution in [0.3, 0.4) is 0 Å². The lowest BCUT2D eigenvalue weighted by atomic mass is 10.0. The van der Waals surface area contributed by atoms with Gasteiger partial charge in [-0.1, -0.05) is 13.0 Å². The van der Waals surface area contributed by atoms with Crippen molar-refractivity contribution in [1.29, 1.82) is 0 Å². The predicted molar refractivity (Wildman–Crippen MR) is 135 cm³/mol. The van der Waals surface area contributed by atoms with Crippen LogP contribution in [0.25, 0.3) is 0 Å². The first-order valence-electron chi connectivity index (χ1n) is 11.2. The summed E-state index contributed by atoms with van der Waals surface area (Å²) < 4.78 is 57.3. The summed E-state index contributed by atoms with van der Waals surface area (Å²) in [7, 11) is 0.369. The minimum Gasteiger partial charge on any atom is -0.497 e. The minimum atomic E-state index is -4.16. The van der Waals surface area contributed by atoms with Gasteiger partial charge in [-0.25, -0.2) is 12.8 Å². The second-order valence-corrected chi connectivity index (χ2v) is 9.67. The second-order valence-electron chi connectivity index (χ2n) is 7.81. The van der Waals surface area contributed by atoms with E-state index in [-0.39, 0.29) is 10.6 Å². The van der Waals surface area contributed by atoms with Gasteiger partial charge in [0.05, 0.1) is 38.0 Å². The summed E-state index contributed by atoms with van der Waals surface area (Å²) in [5.74, 6) is 0.497. The molecular weight excluding hydrogens is 487 g/mol. The fraction of sp³-hybridized carbons (Fsp3) is 0.269. The Morgan fingerprint density at radius 2 is 1.56 bits per heavy atom. The Morgan fingerprint density at radius 3 is 2.11 bits per heavy atom. The summed E-state index contributed by atoms with van der Waals surface area (Å²) >= 11 is 0. The van der Waals surface area contributed by atoms with E-state index in [9.17, 15) is 17.6 Å². The zero-order chi connectivity index (χ0) is 26.3. The first-order valence-corrected chi connectivity index (χ1v) is 12.6. The van der Waals surface area contributed by atoms with Crippen LogP contribution < -0.4 is 23.8 Å². The van der Waals surface area contributed by atoms with Crippen molar-refractivity contribution in [2.45, 2.75) is 24.3 Å². The lowest BCUT2D eigenvalue weighted by Gasteiger charge is -2.26. The van der Waals surface area contributed by atoms with E-state index in [1.165, 1.54) is 57.7 Å². The number of nitrogens with one attached hydrogen (secondary N) is 1. The van der Waals surface area contributed by atoms with Crippen molar-refractivity contribution in [1.82, 2.24) is 5.32 Å². The van der Waals surface area contributed by atoms with Crippen LogP contribution in [0.2, 0.25) is 0 Å². The first-order chi connectivity index (χ1) is 17.2. The van der Waals surface area contributed by atoms with Gasteiger partial charge >= 0.3 is 0 Å². The minimum absolute atomic E-state index is 0.0349. The maximum absolute atomic E-state index is 13.6. The molecule has 0 bridgehead atoms. The van der Waals surface area contributed by atoms with Crippen molar-refractivity contribution in [2.24, 2.45) is 0 Å². The largest absolute Gasteiger partial charge is 0.497 e. The van der Waals surface area contributed by atoms with Crippen LogP contribution in [0.15, 0.2) is 71.6 Å². The van der Waals surface area contributed by atoms with E-state index in [0.29, 0.717) is 23.7 Å². The van der Waals surface area contributed by atoms with Gasteiger partial charge in [0.1, 0.15) is 18.1 Å². The molecule has 0 saturated heterocycles. The van der Waals surface area contributed by atoms with Crippen LogP contribution in [-0.2, 0) is 14.8 Å². The number of halogens is 1. The van der Waals surface area contributed by atoms with Crippen molar-refractivity contribution in [3.05, 3.63) is 78.1 Å². The van der Waals surface area contributed by atoms with Crippen LogP contribution in [0.5, 0.6) is 17.2 Å². The summed E-state index contributed by atoms with van der Waals surface area (Å²) in [4.78, 5) is 13.1. The van der Waals surface area contributed by atoms with Crippen molar-refractivity contribution in [2.75, 3.05) is 32.2 Å². The molecule has 1 unspecified atom stereocenters. The monoisotopic (exact) mass is 516 g/mol. The first kappa shape index (κ1) is 26.8. The quantitative estimate of drug-likeness (QED) is 0.408. The average molecular weight is 517 g/mol. The molecule has 8 nitrogen and oxygen atoms in total. The number of ether oxygens (including phenoxy) is 3. The lowest BCUT2D eigenvalue weighted by molar-refractivity contribution is -0.120. The molecule has 0 aliphatic carbocycles. The Balaban J connectivity index is 1.90. The Hall–Kier alpha value is -3.79. The fourth-order valence-electron chi connectivity index (χ4n) is 3.66. The third-order valence-corrected chi connectivity index (χ3v) is 7.39. The molecule has 1 N–H and O–H groups in total. The molecule has 3 aromatic rings. The van der Waals surface area contributed by atoms with E-state index in [2.05, 4.69) is 5.32 Å². The number of sulfonamides is 1. The molecular formula is C26H29FN2O6S. The van der Waals surface area contributed by atoms with Crippen LogP contribution in [0.1, 0.15) is 24.9 Å². The van der Waals surface area contributed by atoms with Gasteiger partial charge in [-0.15, -0.1) is 0 Å². The molecule has 192 valence electrons. The second kappa shape index (κ2) is 11.8. The zero-order valence-corrected chi connectivity index (χ0v) is 21.3. The number of hydrogen-bond donors (Lipinski definition) is 1. The molecule has 0 aliphatic rings. The smallest absolute Gasteiger partial charge is 0.264 e. The Morgan fingerprint density at radius 1 is 0.917 bits per heavy atom. The summed E-state index contributed by atoms with van der Waals surface area (Å²) in [6.07, 6.45) is 0.545. The van der Waals surface area contributed by atoms with E-state index in [1.807, 2.05) is 13.0 Å². The van der Waals surface area contributed by atoms with Gasteiger partial charge in [0.2, 0.25) is 5.91 Å². The van der Waals surface area contributed by atoms with E-state index in [0.717, 1.165) is 22.0 Å². The number of hydrogen-bond acceptors (Lipinski definition) is 6. The number of anilines is 1. The molecule has 0 aliphatic heterocycles. The highest BCUT2D eigenvalue weighted by molar-refractivity contribution is 7.92. The maximum atomic E-state index is 13.6. The summed E-state index contributed by atoms with van der Waals surface area (Å²) in [5.41, 5.74) is 0.927. The molecule has 0 radical (unpaired) electrons. The van der Waals surface area contributed by atoms with Gasteiger partial charge in [0.25, 0.3) is 10.0 Å². The maximum Gasteiger partial charge on any atom is 0.264 e. The molecule has 1 atom stereocenters. The molecule has 0 spiro atoms. The zero-order valence-electron chi connectivity index (χ0n) is 20.5. The van der Waals surface area contributed by atoms with E-state index in [1.54, 1.807) is 12.1 Å². The Kier molecular flexibility index (Phi) is 8.76. The molecule has 0 heterocycles. The van der Waals surface area contributed by atoms with E-state index >= 15 is 0 Å². The molecule has 36 heavy (non-hydrogen) atoms. The number of rotatable bonds is 11. The number of amides is 1. The molecule has 0 fully saturated rings. The van der Waals surface area contributed by atoms with Gasteiger partial charge in [-0.05, 0) is 72.6 Å². The lowest BCUT2D eigenvalue weighted by Crippen LogP contribution is -2.42. The van der Waals surface area contributed by atoms with Crippen molar-refractivity contribution in [3.8, 4) is 17.2 Å². The Bertz CT molecular complexity index is 1280. The average Bonchev–Trinajstić information content (AvgIpc) is 2.90. The fourth-order valence-corrected chi connectivity index (χ4v) is 5.08. The van der Waals surface area contributed by atoms with Crippen molar-refractivity contribution < 1.29 is 31.8 Å². The number of nitrogens with zero attached hydrogens (tertiary/aromatic N) is 1. The summed E-state index contributed by atoms with van der Waals surface area (Å²) in [6, 6.07) is 15.6. The number of methoxy groups -OCH3 is 3. The molecule has 0 saturated carbocycles. The van der Waals surface area contributed by atoms with Crippen molar-refractivity contribution >= 4 is 21.6 Å². The predicted octanol–water partition coefficient (Wildman–Crippen LogP) is 4.31. The topological polar surface area (TPSA) is 94.2 Å². The molecule has 3 rings (SSSR count). The standard InChI is InChI=1S/C26H29FN2O6S/c1-5-23(18-6-15-24(34-3)25(16-18)35-4)28-26(30)17-29(20-9-7-19(27)8-10-20)36(31,32)22-13-11-21(33-2)12-14-22/h6-16,23H,5,17H2,1-4H3,(H,28,30). The van der Waals surface area contributed by atoms with Gasteiger partial charge in [0.15, 0.2) is 11.5 Å². The molecule has 10 heteroatoms. The highest BCUT2D eigenvalue weighted by Crippen LogP contribution is 2.31. The molecule has 3 aromatic carbocycles. The summed E-state index contributed by atoms with van der Waals surface area (Å²) in [5, 5.41) is 2.89. The van der Waals surface area contributed by atoms with E-state index < -0.39 is 34.3 Å². The third-order valence-electron chi connectivity index (χ3n) is 5.60.